The molecule has 1 heterocycles. The van der Waals surface area contributed by atoms with Crippen molar-refractivity contribution in [3.63, 3.8) is 0 Å². The van der Waals surface area contributed by atoms with Crippen LogP contribution in [0, 0.1) is 6.92 Å². The van der Waals surface area contributed by atoms with E-state index in [1.165, 1.54) is 0 Å². The maximum atomic E-state index is 5.40. The second-order valence-electron chi connectivity index (χ2n) is 4.75. The highest BCUT2D eigenvalue weighted by Gasteiger charge is 2.10. The lowest BCUT2D eigenvalue weighted by molar-refractivity contribution is 0.389. The molecule has 2 rings (SSSR count). The number of hydrogen-bond donors (Lipinski definition) is 1. The molecule has 0 fully saturated rings. The Morgan fingerprint density at radius 2 is 2.00 bits per heavy atom. The Kier molecular flexibility index (Phi) is 5.25. The van der Waals surface area contributed by atoms with E-state index < -0.39 is 0 Å². The second kappa shape index (κ2) is 6.95. The number of nitrogens with zero attached hydrogens (tertiary/aromatic N) is 2. The highest BCUT2D eigenvalue weighted by atomic mass is 79.9. The van der Waals surface area contributed by atoms with Gasteiger partial charge in [0.2, 0.25) is 0 Å². The summed E-state index contributed by atoms with van der Waals surface area (Å²) >= 11 is 3.57. The number of aromatic nitrogens is 2. The monoisotopic (exact) mass is 353 g/mol. The molecule has 1 N–H and O–H groups in total. The van der Waals surface area contributed by atoms with Gasteiger partial charge in [-0.05, 0) is 28.9 Å². The third-order valence-electron chi connectivity index (χ3n) is 3.36. The molecule has 6 heteroatoms. The van der Waals surface area contributed by atoms with Crippen LogP contribution in [0.15, 0.2) is 22.7 Å². The predicted molar refractivity (Wildman–Crippen MR) is 85.7 cm³/mol. The minimum atomic E-state index is 0.712. The molecule has 0 aliphatic carbocycles. The molecule has 0 spiro atoms. The van der Waals surface area contributed by atoms with Gasteiger partial charge in [-0.3, -0.25) is 4.68 Å². The summed E-state index contributed by atoms with van der Waals surface area (Å²) in [6.45, 7) is 3.43. The first-order valence-corrected chi connectivity index (χ1v) is 7.45. The molecule has 0 bridgehead atoms. The zero-order valence-corrected chi connectivity index (χ0v) is 14.3. The van der Waals surface area contributed by atoms with E-state index in [0.29, 0.717) is 6.54 Å². The molecule has 0 aliphatic heterocycles. The number of rotatable bonds is 6. The van der Waals surface area contributed by atoms with Crippen LogP contribution in [0.1, 0.15) is 17.0 Å². The van der Waals surface area contributed by atoms with E-state index in [1.54, 1.807) is 14.2 Å². The van der Waals surface area contributed by atoms with E-state index in [9.17, 15) is 0 Å². The Bertz CT molecular complexity index is 626. The molecule has 0 saturated heterocycles. The number of nitrogens with one attached hydrogen (secondary N) is 1. The molecule has 0 amide bonds. The summed E-state index contributed by atoms with van der Waals surface area (Å²) in [5, 5.41) is 7.79. The zero-order valence-electron chi connectivity index (χ0n) is 12.7. The number of ether oxygens (including phenoxy) is 2. The predicted octanol–water partition coefficient (Wildman–Crippen LogP) is 2.80. The van der Waals surface area contributed by atoms with E-state index in [2.05, 4.69) is 26.3 Å². The summed E-state index contributed by atoms with van der Waals surface area (Å²) < 4.78 is 13.5. The highest BCUT2D eigenvalue weighted by Crippen LogP contribution is 2.25. The van der Waals surface area contributed by atoms with Gasteiger partial charge in [-0.25, -0.2) is 0 Å². The average molecular weight is 354 g/mol. The van der Waals surface area contributed by atoms with Gasteiger partial charge >= 0.3 is 0 Å². The largest absolute Gasteiger partial charge is 0.497 e. The fourth-order valence-corrected chi connectivity index (χ4v) is 2.66. The lowest BCUT2D eigenvalue weighted by atomic mass is 10.2. The van der Waals surface area contributed by atoms with E-state index in [-0.39, 0.29) is 0 Å². The van der Waals surface area contributed by atoms with Gasteiger partial charge < -0.3 is 14.8 Å². The minimum Gasteiger partial charge on any atom is -0.497 e. The SMILES string of the molecule is COc1ccc(CNCc2c(Br)c(C)nn2C)c(OC)c1. The molecule has 114 valence electrons. The molecule has 2 aromatic rings. The fourth-order valence-electron chi connectivity index (χ4n) is 2.19. The van der Waals surface area contributed by atoms with E-state index in [1.807, 2.05) is 36.9 Å². The Morgan fingerprint density at radius 3 is 2.57 bits per heavy atom. The van der Waals surface area contributed by atoms with Gasteiger partial charge in [0, 0.05) is 31.8 Å². The number of aryl methyl sites for hydroxylation is 2. The summed E-state index contributed by atoms with van der Waals surface area (Å²) in [5.74, 6) is 1.61. The van der Waals surface area contributed by atoms with Gasteiger partial charge in [-0.15, -0.1) is 0 Å². The van der Waals surface area contributed by atoms with Gasteiger partial charge in [0.1, 0.15) is 11.5 Å². The first kappa shape index (κ1) is 15.9. The molecule has 1 aromatic carbocycles. The van der Waals surface area contributed by atoms with Crippen molar-refractivity contribution >= 4 is 15.9 Å². The molecule has 0 unspecified atom stereocenters. The van der Waals surface area contributed by atoms with Crippen LogP contribution in [0.2, 0.25) is 0 Å². The Hall–Kier alpha value is -1.53. The summed E-state index contributed by atoms with van der Waals surface area (Å²) in [7, 11) is 5.26. The number of benzene rings is 1. The van der Waals surface area contributed by atoms with Crippen LogP contribution in [-0.4, -0.2) is 24.0 Å². The summed E-state index contributed by atoms with van der Waals surface area (Å²) in [4.78, 5) is 0. The lowest BCUT2D eigenvalue weighted by Gasteiger charge is -2.11. The molecule has 0 atom stereocenters. The van der Waals surface area contributed by atoms with Gasteiger partial charge in [0.15, 0.2) is 0 Å². The Morgan fingerprint density at radius 1 is 1.24 bits per heavy atom. The van der Waals surface area contributed by atoms with E-state index in [4.69, 9.17) is 9.47 Å². The van der Waals surface area contributed by atoms with Crippen molar-refractivity contribution in [2.75, 3.05) is 14.2 Å². The van der Waals surface area contributed by atoms with Crippen LogP contribution in [-0.2, 0) is 20.1 Å². The van der Waals surface area contributed by atoms with Crippen LogP contribution in [0.4, 0.5) is 0 Å². The maximum Gasteiger partial charge on any atom is 0.127 e. The normalized spacial score (nSPS) is 10.7. The van der Waals surface area contributed by atoms with Crippen molar-refractivity contribution in [1.29, 1.82) is 0 Å². The van der Waals surface area contributed by atoms with Crippen LogP contribution < -0.4 is 14.8 Å². The first-order valence-electron chi connectivity index (χ1n) is 6.66. The number of halogens is 1. The topological polar surface area (TPSA) is 48.3 Å². The smallest absolute Gasteiger partial charge is 0.127 e. The quantitative estimate of drug-likeness (QED) is 0.867. The highest BCUT2D eigenvalue weighted by molar-refractivity contribution is 9.10. The molecule has 5 nitrogen and oxygen atoms in total. The third-order valence-corrected chi connectivity index (χ3v) is 4.40. The molecule has 0 aliphatic rings. The van der Waals surface area contributed by atoms with Crippen molar-refractivity contribution < 1.29 is 9.47 Å². The molecular formula is C15H20BrN3O2. The van der Waals surface area contributed by atoms with Crippen molar-refractivity contribution in [2.45, 2.75) is 20.0 Å². The second-order valence-corrected chi connectivity index (χ2v) is 5.54. The van der Waals surface area contributed by atoms with Crippen LogP contribution >= 0.6 is 15.9 Å². The van der Waals surface area contributed by atoms with E-state index in [0.717, 1.165) is 39.5 Å². The van der Waals surface area contributed by atoms with Crippen LogP contribution in [0.3, 0.4) is 0 Å². The first-order chi connectivity index (χ1) is 10.1. The number of methoxy groups -OCH3 is 2. The minimum absolute atomic E-state index is 0.712. The van der Waals surface area contributed by atoms with Crippen LogP contribution in [0.5, 0.6) is 11.5 Å². The molecular weight excluding hydrogens is 334 g/mol. The third kappa shape index (κ3) is 3.57. The standard InChI is InChI=1S/C15H20BrN3O2/c1-10-15(16)13(19(2)18-10)9-17-8-11-5-6-12(20-3)7-14(11)21-4/h5-7,17H,8-9H2,1-4H3. The van der Waals surface area contributed by atoms with Crippen molar-refractivity contribution in [3.05, 3.63) is 39.6 Å². The molecule has 0 radical (unpaired) electrons. The fraction of sp³-hybridized carbons (Fsp3) is 0.400. The van der Waals surface area contributed by atoms with E-state index >= 15 is 0 Å². The summed E-state index contributed by atoms with van der Waals surface area (Å²) in [6.07, 6.45) is 0. The van der Waals surface area contributed by atoms with Crippen LogP contribution in [0.25, 0.3) is 0 Å². The lowest BCUT2D eigenvalue weighted by Crippen LogP contribution is -2.16. The summed E-state index contributed by atoms with van der Waals surface area (Å²) in [6, 6.07) is 5.83. The molecule has 1 aromatic heterocycles. The Labute approximate surface area is 133 Å². The number of hydrogen-bond acceptors (Lipinski definition) is 4. The average Bonchev–Trinajstić information content (AvgIpc) is 2.73. The summed E-state index contributed by atoms with van der Waals surface area (Å²) in [5.41, 5.74) is 3.21. The molecule has 0 saturated carbocycles. The van der Waals surface area contributed by atoms with Gasteiger partial charge in [-0.1, -0.05) is 6.07 Å². The van der Waals surface area contributed by atoms with Gasteiger partial charge in [-0.2, -0.15) is 5.10 Å². The van der Waals surface area contributed by atoms with Gasteiger partial charge in [0.25, 0.3) is 0 Å². The Balaban J connectivity index is 2.03. The van der Waals surface area contributed by atoms with Crippen molar-refractivity contribution in [1.82, 2.24) is 15.1 Å². The maximum absolute atomic E-state index is 5.40. The van der Waals surface area contributed by atoms with Gasteiger partial charge in [0.05, 0.1) is 30.1 Å². The molecule has 21 heavy (non-hydrogen) atoms. The van der Waals surface area contributed by atoms with Crippen molar-refractivity contribution in [2.24, 2.45) is 7.05 Å². The van der Waals surface area contributed by atoms with Crippen molar-refractivity contribution in [3.8, 4) is 11.5 Å². The zero-order chi connectivity index (χ0) is 15.4.